The zero-order valence-electron chi connectivity index (χ0n) is 21.1. The van der Waals surface area contributed by atoms with Gasteiger partial charge in [0.25, 0.3) is 0 Å². The smallest absolute Gasteiger partial charge is 0.326 e. The van der Waals surface area contributed by atoms with Gasteiger partial charge in [-0.15, -0.1) is 0 Å². The molecule has 1 unspecified atom stereocenters. The SMILES string of the molecule is CC1=C(C#N)[C@@H](c2ccc(C#N)cc2S(=O)(=O)NCC2CCN(C)C2)NC(=O)N1c1cccc(C(F)(F)F)c1. The molecule has 2 atom stereocenters. The molecular formula is C26H25F3N6O3S. The van der Waals surface area contributed by atoms with Gasteiger partial charge in [0.2, 0.25) is 10.0 Å². The molecule has 2 aromatic carbocycles. The number of allylic oxidation sites excluding steroid dienone is 1. The van der Waals surface area contributed by atoms with E-state index >= 15 is 0 Å². The number of sulfonamides is 1. The maximum absolute atomic E-state index is 13.4. The summed E-state index contributed by atoms with van der Waals surface area (Å²) in [6, 6.07) is 9.81. The summed E-state index contributed by atoms with van der Waals surface area (Å²) in [4.78, 5) is 15.9. The van der Waals surface area contributed by atoms with Crippen LogP contribution in [0.2, 0.25) is 0 Å². The number of nitriles is 2. The molecule has 1 fully saturated rings. The molecule has 0 bridgehead atoms. The van der Waals surface area contributed by atoms with E-state index in [1.54, 1.807) is 0 Å². The normalized spacial score (nSPS) is 20.5. The van der Waals surface area contributed by atoms with Gasteiger partial charge in [0.15, 0.2) is 0 Å². The second kappa shape index (κ2) is 10.7. The van der Waals surface area contributed by atoms with Gasteiger partial charge >= 0.3 is 12.2 Å². The molecule has 4 rings (SSSR count). The first-order valence-electron chi connectivity index (χ1n) is 12.0. The van der Waals surface area contributed by atoms with E-state index < -0.39 is 33.8 Å². The van der Waals surface area contributed by atoms with E-state index in [-0.39, 0.29) is 45.4 Å². The highest BCUT2D eigenvalue weighted by molar-refractivity contribution is 7.89. The summed E-state index contributed by atoms with van der Waals surface area (Å²) in [6.07, 6.45) is -3.83. The first-order valence-corrected chi connectivity index (χ1v) is 13.4. The number of rotatable bonds is 6. The Balaban J connectivity index is 1.75. The Morgan fingerprint density at radius 1 is 1.15 bits per heavy atom. The Morgan fingerprint density at radius 3 is 2.51 bits per heavy atom. The third kappa shape index (κ3) is 5.76. The molecule has 204 valence electrons. The molecule has 0 saturated carbocycles. The van der Waals surface area contributed by atoms with Crippen LogP contribution in [-0.4, -0.2) is 46.0 Å². The number of alkyl halides is 3. The molecule has 1 saturated heterocycles. The standard InChI is InChI=1S/C26H25F3N6O3S/c1-16-22(13-31)24(33-25(36)35(16)20-5-3-4-19(11-20)26(27,28)29)21-7-6-17(12-30)10-23(21)39(37,38)32-14-18-8-9-34(2)15-18/h3-7,10-11,18,24,32H,8-9,14-15H2,1-2H3,(H,33,36)/t18?,24-/m1/s1. The van der Waals surface area contributed by atoms with E-state index in [9.17, 15) is 36.9 Å². The molecule has 2 aromatic rings. The number of amides is 2. The second-order valence-electron chi connectivity index (χ2n) is 9.51. The average Bonchev–Trinajstić information content (AvgIpc) is 3.31. The molecule has 0 aliphatic carbocycles. The topological polar surface area (TPSA) is 129 Å². The summed E-state index contributed by atoms with van der Waals surface area (Å²) in [5, 5.41) is 22.0. The summed E-state index contributed by atoms with van der Waals surface area (Å²) < 4.78 is 69.3. The van der Waals surface area contributed by atoms with E-state index in [1.807, 2.05) is 19.2 Å². The van der Waals surface area contributed by atoms with Crippen molar-refractivity contribution < 1.29 is 26.4 Å². The van der Waals surface area contributed by atoms with E-state index in [1.165, 1.54) is 31.2 Å². The number of carbonyl (C=O) groups excluding carboxylic acids is 1. The maximum Gasteiger partial charge on any atom is 0.416 e. The van der Waals surface area contributed by atoms with Crippen molar-refractivity contribution in [3.05, 3.63) is 70.4 Å². The van der Waals surface area contributed by atoms with Crippen LogP contribution in [0.5, 0.6) is 0 Å². The number of halogens is 3. The fourth-order valence-corrected chi connectivity index (χ4v) is 6.22. The number of benzene rings is 2. The molecule has 2 aliphatic rings. The fourth-order valence-electron chi connectivity index (χ4n) is 4.83. The van der Waals surface area contributed by atoms with Crippen LogP contribution in [0.25, 0.3) is 0 Å². The molecule has 0 aromatic heterocycles. The maximum atomic E-state index is 13.4. The predicted molar refractivity (Wildman–Crippen MR) is 135 cm³/mol. The lowest BCUT2D eigenvalue weighted by Gasteiger charge is -2.34. The minimum Gasteiger partial charge on any atom is -0.326 e. The molecule has 2 amide bonds. The van der Waals surface area contributed by atoms with E-state index in [4.69, 9.17) is 0 Å². The monoisotopic (exact) mass is 558 g/mol. The number of carbonyl (C=O) groups is 1. The highest BCUT2D eigenvalue weighted by Crippen LogP contribution is 2.38. The van der Waals surface area contributed by atoms with Crippen molar-refractivity contribution >= 4 is 21.7 Å². The minimum atomic E-state index is -4.65. The summed E-state index contributed by atoms with van der Waals surface area (Å²) >= 11 is 0. The minimum absolute atomic E-state index is 0.0419. The molecule has 0 radical (unpaired) electrons. The lowest BCUT2D eigenvalue weighted by atomic mass is 9.94. The van der Waals surface area contributed by atoms with E-state index in [0.29, 0.717) is 0 Å². The van der Waals surface area contributed by atoms with Crippen molar-refractivity contribution in [2.45, 2.75) is 30.5 Å². The predicted octanol–water partition coefficient (Wildman–Crippen LogP) is 3.88. The Hall–Kier alpha value is -3.91. The number of nitrogens with zero attached hydrogens (tertiary/aromatic N) is 4. The Kier molecular flexibility index (Phi) is 7.70. The average molecular weight is 559 g/mol. The van der Waals surface area contributed by atoms with Crippen LogP contribution in [0.3, 0.4) is 0 Å². The zero-order valence-corrected chi connectivity index (χ0v) is 21.9. The number of hydrogen-bond acceptors (Lipinski definition) is 6. The third-order valence-corrected chi connectivity index (χ3v) is 8.31. The first kappa shape index (κ1) is 28.1. The van der Waals surface area contributed by atoms with Gasteiger partial charge in [0.1, 0.15) is 0 Å². The van der Waals surface area contributed by atoms with Crippen LogP contribution in [-0.2, 0) is 16.2 Å². The van der Waals surface area contributed by atoms with Crippen LogP contribution < -0.4 is 14.9 Å². The molecular weight excluding hydrogens is 533 g/mol. The van der Waals surface area contributed by atoms with Gasteiger partial charge in [0, 0.05) is 18.8 Å². The zero-order chi connectivity index (χ0) is 28.5. The van der Waals surface area contributed by atoms with Crippen LogP contribution in [0.15, 0.2) is 58.6 Å². The Labute approximate surface area is 224 Å². The molecule has 2 aliphatic heterocycles. The van der Waals surface area contributed by atoms with Crippen molar-refractivity contribution in [3.63, 3.8) is 0 Å². The molecule has 2 N–H and O–H groups in total. The lowest BCUT2D eigenvalue weighted by molar-refractivity contribution is -0.137. The van der Waals surface area contributed by atoms with Crippen LogP contribution in [0.4, 0.5) is 23.7 Å². The summed E-state index contributed by atoms with van der Waals surface area (Å²) in [5.74, 6) is 0.0968. The number of hydrogen-bond donors (Lipinski definition) is 2. The van der Waals surface area contributed by atoms with Crippen molar-refractivity contribution in [1.82, 2.24) is 14.9 Å². The molecule has 13 heteroatoms. The number of nitrogens with one attached hydrogen (secondary N) is 2. The lowest BCUT2D eigenvalue weighted by Crippen LogP contribution is -2.47. The number of urea groups is 1. The van der Waals surface area contributed by atoms with E-state index in [2.05, 4.69) is 14.9 Å². The molecule has 39 heavy (non-hydrogen) atoms. The van der Waals surface area contributed by atoms with Crippen molar-refractivity contribution in [3.8, 4) is 12.1 Å². The second-order valence-corrected chi connectivity index (χ2v) is 11.2. The number of anilines is 1. The van der Waals surface area contributed by atoms with Crippen molar-refractivity contribution in [2.75, 3.05) is 31.6 Å². The highest BCUT2D eigenvalue weighted by atomic mass is 32.2. The van der Waals surface area contributed by atoms with Crippen LogP contribution in [0.1, 0.15) is 36.1 Å². The van der Waals surface area contributed by atoms with Crippen molar-refractivity contribution in [2.24, 2.45) is 5.92 Å². The van der Waals surface area contributed by atoms with Crippen LogP contribution in [0, 0.1) is 28.6 Å². The van der Waals surface area contributed by atoms with Gasteiger partial charge < -0.3 is 10.2 Å². The Morgan fingerprint density at radius 2 is 1.90 bits per heavy atom. The van der Waals surface area contributed by atoms with Gasteiger partial charge in [-0.25, -0.2) is 17.9 Å². The van der Waals surface area contributed by atoms with Crippen LogP contribution >= 0.6 is 0 Å². The quantitative estimate of drug-likeness (QED) is 0.554. The van der Waals surface area contributed by atoms with E-state index in [0.717, 1.165) is 42.6 Å². The summed E-state index contributed by atoms with van der Waals surface area (Å²) in [5.41, 5.74) is -0.987. The molecule has 9 nitrogen and oxygen atoms in total. The molecule has 0 spiro atoms. The first-order chi connectivity index (χ1) is 18.4. The fraction of sp³-hybridized carbons (Fsp3) is 0.346. The summed E-state index contributed by atoms with van der Waals surface area (Å²) in [7, 11) is -2.23. The van der Waals surface area contributed by atoms with Gasteiger partial charge in [-0.05, 0) is 68.8 Å². The molecule has 2 heterocycles. The highest BCUT2D eigenvalue weighted by Gasteiger charge is 2.37. The summed E-state index contributed by atoms with van der Waals surface area (Å²) in [6.45, 7) is 3.13. The third-order valence-electron chi connectivity index (χ3n) is 6.83. The van der Waals surface area contributed by atoms with Gasteiger partial charge in [0.05, 0.1) is 45.5 Å². The Bertz CT molecular complexity index is 1520. The van der Waals surface area contributed by atoms with Gasteiger partial charge in [-0.1, -0.05) is 12.1 Å². The van der Waals surface area contributed by atoms with Gasteiger partial charge in [-0.3, -0.25) is 4.90 Å². The van der Waals surface area contributed by atoms with Gasteiger partial charge in [-0.2, -0.15) is 23.7 Å². The largest absolute Gasteiger partial charge is 0.416 e. The number of likely N-dealkylation sites (tertiary alicyclic amines) is 1. The van der Waals surface area contributed by atoms with Crippen molar-refractivity contribution in [1.29, 1.82) is 10.5 Å².